The van der Waals surface area contributed by atoms with Gasteiger partial charge >= 0.3 is 0 Å². The molecule has 36 heavy (non-hydrogen) atoms. The Hall–Kier alpha value is -3.62. The lowest BCUT2D eigenvalue weighted by Crippen LogP contribution is -2.34. The fraction of sp³-hybridized carbons (Fsp3) is 0.286. The number of phenolic OH excluding ortho intramolecular Hbond substituents is 1. The van der Waals surface area contributed by atoms with Gasteiger partial charge in [-0.2, -0.15) is 0 Å². The molecule has 3 aromatic rings. The zero-order chi connectivity index (χ0) is 25.8. The van der Waals surface area contributed by atoms with Crippen LogP contribution in [0.1, 0.15) is 39.5 Å². The van der Waals surface area contributed by atoms with Crippen molar-refractivity contribution < 1.29 is 19.4 Å². The molecule has 3 N–H and O–H groups in total. The maximum atomic E-state index is 12.8. The van der Waals surface area contributed by atoms with Crippen molar-refractivity contribution in [2.45, 2.75) is 20.8 Å². The molecule has 2 aromatic carbocycles. The van der Waals surface area contributed by atoms with Gasteiger partial charge in [0.25, 0.3) is 11.8 Å². The number of anilines is 1. The number of hydrogen-bond donors (Lipinski definition) is 3. The largest absolute Gasteiger partial charge is 0.504 e. The molecule has 4 rings (SSSR count). The van der Waals surface area contributed by atoms with Crippen molar-refractivity contribution in [2.75, 3.05) is 38.6 Å². The number of ether oxygens (including phenoxy) is 1. The first-order valence-electron chi connectivity index (χ1n) is 12.0. The monoisotopic (exact) mass is 505 g/mol. The molecule has 2 heterocycles. The number of rotatable bonds is 9. The lowest BCUT2D eigenvalue weighted by molar-refractivity contribution is -0.110. The normalized spacial score (nSPS) is 13.7. The second-order valence-electron chi connectivity index (χ2n) is 8.56. The van der Waals surface area contributed by atoms with E-state index in [0.717, 1.165) is 51.8 Å². The smallest absolute Gasteiger partial charge is 0.256 e. The van der Waals surface area contributed by atoms with E-state index in [9.17, 15) is 14.7 Å². The number of nitrogens with zero attached hydrogens (tertiary/aromatic N) is 1. The van der Waals surface area contributed by atoms with Crippen LogP contribution < -0.4 is 15.4 Å². The summed E-state index contributed by atoms with van der Waals surface area (Å²) in [6.45, 7) is 9.46. The Morgan fingerprint density at radius 2 is 1.86 bits per heavy atom. The van der Waals surface area contributed by atoms with Crippen molar-refractivity contribution in [3.05, 3.63) is 63.3 Å². The van der Waals surface area contributed by atoms with Crippen molar-refractivity contribution >= 4 is 40.5 Å². The lowest BCUT2D eigenvalue weighted by Gasteiger charge is -2.17. The van der Waals surface area contributed by atoms with E-state index in [4.69, 9.17) is 4.74 Å². The molecule has 0 fully saturated rings. The molecule has 1 aliphatic rings. The van der Waals surface area contributed by atoms with E-state index >= 15 is 0 Å². The summed E-state index contributed by atoms with van der Waals surface area (Å²) in [6.07, 6.45) is 1.84. The molecular weight excluding hydrogens is 474 g/mol. The molecular formula is C28H31N3O4S. The summed E-state index contributed by atoms with van der Waals surface area (Å²) in [5, 5.41) is 15.8. The van der Waals surface area contributed by atoms with Crippen molar-refractivity contribution in [1.82, 2.24) is 10.2 Å². The van der Waals surface area contributed by atoms with Crippen LogP contribution in [0, 0.1) is 6.92 Å². The molecule has 0 aliphatic carbocycles. The van der Waals surface area contributed by atoms with Gasteiger partial charge in [0, 0.05) is 34.1 Å². The molecule has 188 valence electrons. The summed E-state index contributed by atoms with van der Waals surface area (Å²) in [6, 6.07) is 12.8. The van der Waals surface area contributed by atoms with Crippen LogP contribution in [0.5, 0.6) is 11.5 Å². The number of likely N-dealkylation sites (N-methyl/N-ethyl adjacent to an activating group) is 1. The summed E-state index contributed by atoms with van der Waals surface area (Å²) in [5.74, 6) is 0.190. The van der Waals surface area contributed by atoms with Gasteiger partial charge in [0.15, 0.2) is 11.5 Å². The second-order valence-corrected chi connectivity index (χ2v) is 9.85. The number of carbonyl (C=O) groups excluding carboxylic acids is 2. The summed E-state index contributed by atoms with van der Waals surface area (Å²) in [4.78, 5) is 29.6. The molecule has 1 aliphatic heterocycles. The number of methoxy groups -OCH3 is 1. The number of phenols is 1. The van der Waals surface area contributed by atoms with Crippen molar-refractivity contribution in [3.63, 3.8) is 0 Å². The van der Waals surface area contributed by atoms with Crippen LogP contribution in [-0.4, -0.2) is 55.1 Å². The van der Waals surface area contributed by atoms with E-state index in [2.05, 4.69) is 29.4 Å². The molecule has 1 aromatic heterocycles. The zero-order valence-electron chi connectivity index (χ0n) is 21.0. The number of thiophene rings is 1. The van der Waals surface area contributed by atoms with Crippen molar-refractivity contribution in [3.8, 4) is 22.6 Å². The van der Waals surface area contributed by atoms with E-state index in [1.165, 1.54) is 18.4 Å². The Morgan fingerprint density at radius 3 is 2.58 bits per heavy atom. The predicted molar refractivity (Wildman–Crippen MR) is 146 cm³/mol. The van der Waals surface area contributed by atoms with Gasteiger partial charge in [-0.15, -0.1) is 11.3 Å². The van der Waals surface area contributed by atoms with Crippen LogP contribution in [-0.2, 0) is 4.79 Å². The van der Waals surface area contributed by atoms with Gasteiger partial charge in [0.1, 0.15) is 0 Å². The third kappa shape index (κ3) is 5.29. The van der Waals surface area contributed by atoms with Crippen LogP contribution in [0.2, 0.25) is 0 Å². The SMILES string of the molecule is CCN(CC)CCNC(=O)c1cc(/C=C2\C(=O)Nc3cc(-c4ccc(O)c(OC)c4)ccc32)sc1C. The van der Waals surface area contributed by atoms with Crippen LogP contribution in [0.4, 0.5) is 5.69 Å². The van der Waals surface area contributed by atoms with Gasteiger partial charge < -0.3 is 25.4 Å². The zero-order valence-corrected chi connectivity index (χ0v) is 21.8. The summed E-state index contributed by atoms with van der Waals surface area (Å²) >= 11 is 1.50. The van der Waals surface area contributed by atoms with Gasteiger partial charge in [0.05, 0.1) is 18.2 Å². The first kappa shape index (κ1) is 25.5. The third-order valence-electron chi connectivity index (χ3n) is 6.39. The number of hydrogen-bond acceptors (Lipinski definition) is 6. The minimum absolute atomic E-state index is 0.0733. The summed E-state index contributed by atoms with van der Waals surface area (Å²) in [5.41, 5.74) is 4.49. The topological polar surface area (TPSA) is 90.9 Å². The molecule has 0 bridgehead atoms. The average molecular weight is 506 g/mol. The minimum atomic E-state index is -0.179. The highest BCUT2D eigenvalue weighted by Gasteiger charge is 2.25. The third-order valence-corrected chi connectivity index (χ3v) is 7.39. The fourth-order valence-electron chi connectivity index (χ4n) is 4.28. The van der Waals surface area contributed by atoms with Crippen LogP contribution >= 0.6 is 11.3 Å². The number of amides is 2. The molecule has 8 heteroatoms. The highest BCUT2D eigenvalue weighted by molar-refractivity contribution is 7.13. The molecule has 2 amide bonds. The Labute approximate surface area is 215 Å². The Balaban J connectivity index is 1.54. The highest BCUT2D eigenvalue weighted by atomic mass is 32.1. The number of aryl methyl sites for hydroxylation is 1. The first-order chi connectivity index (χ1) is 17.3. The van der Waals surface area contributed by atoms with Crippen LogP contribution in [0.25, 0.3) is 22.8 Å². The Bertz CT molecular complexity index is 1320. The van der Waals surface area contributed by atoms with Gasteiger partial charge in [-0.25, -0.2) is 0 Å². The Kier molecular flexibility index (Phi) is 7.76. The van der Waals surface area contributed by atoms with E-state index < -0.39 is 0 Å². The average Bonchev–Trinajstić information content (AvgIpc) is 3.40. The Morgan fingerprint density at radius 1 is 1.14 bits per heavy atom. The quantitative estimate of drug-likeness (QED) is 0.356. The van der Waals surface area contributed by atoms with E-state index in [1.807, 2.05) is 37.3 Å². The van der Waals surface area contributed by atoms with Gasteiger partial charge in [-0.3, -0.25) is 9.59 Å². The molecule has 0 spiro atoms. The number of nitrogens with one attached hydrogen (secondary N) is 2. The van der Waals surface area contributed by atoms with Crippen molar-refractivity contribution in [1.29, 1.82) is 0 Å². The van der Waals surface area contributed by atoms with Gasteiger partial charge in [-0.05, 0) is 61.5 Å². The standard InChI is InChI=1S/C28H31N3O4S/c1-5-31(6-2)12-11-29-27(33)22-15-20(36-17(22)3)16-23-21-9-7-18(13-24(21)30-28(23)34)19-8-10-25(32)26(14-19)35-4/h7-10,13-16,32H,5-6,11-12H2,1-4H3,(H,29,33)(H,30,34)/b23-16-. The number of carbonyl (C=O) groups is 2. The fourth-order valence-corrected chi connectivity index (χ4v) is 5.25. The molecule has 0 saturated carbocycles. The van der Waals surface area contributed by atoms with Gasteiger partial charge in [-0.1, -0.05) is 32.0 Å². The molecule has 0 saturated heterocycles. The lowest BCUT2D eigenvalue weighted by atomic mass is 10.00. The predicted octanol–water partition coefficient (Wildman–Crippen LogP) is 5.00. The maximum Gasteiger partial charge on any atom is 0.256 e. The molecule has 7 nitrogen and oxygen atoms in total. The highest BCUT2D eigenvalue weighted by Crippen LogP contribution is 2.39. The maximum absolute atomic E-state index is 12.8. The van der Waals surface area contributed by atoms with Crippen LogP contribution in [0.3, 0.4) is 0 Å². The molecule has 0 unspecified atom stereocenters. The molecule has 0 atom stereocenters. The second kappa shape index (κ2) is 11.0. The number of benzene rings is 2. The number of aromatic hydroxyl groups is 1. The number of fused-ring (bicyclic) bond motifs is 1. The van der Waals surface area contributed by atoms with E-state index in [1.54, 1.807) is 18.2 Å². The summed E-state index contributed by atoms with van der Waals surface area (Å²) < 4.78 is 5.21. The van der Waals surface area contributed by atoms with E-state index in [-0.39, 0.29) is 17.6 Å². The van der Waals surface area contributed by atoms with Gasteiger partial charge in [0.2, 0.25) is 0 Å². The first-order valence-corrected chi connectivity index (χ1v) is 12.8. The molecule has 0 radical (unpaired) electrons. The van der Waals surface area contributed by atoms with E-state index in [0.29, 0.717) is 23.4 Å². The minimum Gasteiger partial charge on any atom is -0.504 e. The summed E-state index contributed by atoms with van der Waals surface area (Å²) in [7, 11) is 1.51. The van der Waals surface area contributed by atoms with Crippen LogP contribution in [0.15, 0.2) is 42.5 Å². The van der Waals surface area contributed by atoms with Crippen molar-refractivity contribution in [2.24, 2.45) is 0 Å².